The Morgan fingerprint density at radius 2 is 2.12 bits per heavy atom. The van der Waals surface area contributed by atoms with Gasteiger partial charge in [0, 0.05) is 11.6 Å². The Morgan fingerprint density at radius 1 is 1.35 bits per heavy atom. The van der Waals surface area contributed by atoms with E-state index in [0.717, 1.165) is 24.1 Å². The Kier molecular flexibility index (Phi) is 9.00. The van der Waals surface area contributed by atoms with Gasteiger partial charge in [-0.2, -0.15) is 0 Å². The van der Waals surface area contributed by atoms with Crippen molar-refractivity contribution in [2.75, 3.05) is 43.1 Å². The van der Waals surface area contributed by atoms with E-state index in [2.05, 4.69) is 20.6 Å². The summed E-state index contributed by atoms with van der Waals surface area (Å²) >= 11 is 0. The summed E-state index contributed by atoms with van der Waals surface area (Å²) in [6, 6.07) is 3.35. The molecule has 2 amide bonds. The van der Waals surface area contributed by atoms with E-state index in [4.69, 9.17) is 29.8 Å². The minimum absolute atomic E-state index is 0.119. The lowest BCUT2D eigenvalue weighted by molar-refractivity contribution is -0.123. The lowest BCUT2D eigenvalue weighted by Gasteiger charge is -2.19. The highest BCUT2D eigenvalue weighted by atomic mass is 19.1. The molecule has 13 nitrogen and oxygen atoms in total. The van der Waals surface area contributed by atoms with Crippen LogP contribution >= 0.6 is 0 Å². The van der Waals surface area contributed by atoms with Crippen LogP contribution in [-0.4, -0.2) is 78.0 Å². The van der Waals surface area contributed by atoms with Crippen molar-refractivity contribution in [3.05, 3.63) is 35.3 Å². The number of nitrogens with two attached hydrogens (primary N) is 1. The van der Waals surface area contributed by atoms with Crippen LogP contribution in [0.15, 0.2) is 18.3 Å². The van der Waals surface area contributed by atoms with Crippen LogP contribution in [0.1, 0.15) is 31.4 Å². The maximum absolute atomic E-state index is 14.6. The van der Waals surface area contributed by atoms with Crippen molar-refractivity contribution in [1.82, 2.24) is 15.3 Å². The zero-order valence-corrected chi connectivity index (χ0v) is 22.3. The zero-order chi connectivity index (χ0) is 28.9. The number of aromatic nitrogens is 2. The second-order valence-electron chi connectivity index (χ2n) is 10.5. The van der Waals surface area contributed by atoms with Crippen LogP contribution in [0, 0.1) is 11.7 Å². The van der Waals surface area contributed by atoms with E-state index in [-0.39, 0.29) is 54.3 Å². The molecule has 1 aliphatic carbocycles. The molecule has 0 radical (unpaired) electrons. The SMILES string of the molecule is CC(C)(N)COc1cc(F)c2c(c1)CC(CNCC[C@H]1CN(c3cnc4c(n3)NC(=O)CO4)C(=O)O1)C2.O=CO. The van der Waals surface area contributed by atoms with E-state index in [1.54, 1.807) is 0 Å². The third-order valence-corrected chi connectivity index (χ3v) is 6.42. The topological polar surface area (TPSA) is 178 Å². The van der Waals surface area contributed by atoms with Crippen LogP contribution in [0.2, 0.25) is 0 Å². The molecule has 1 unspecified atom stereocenters. The second-order valence-corrected chi connectivity index (χ2v) is 10.5. The molecule has 0 saturated carbocycles. The van der Waals surface area contributed by atoms with Gasteiger partial charge in [-0.25, -0.2) is 19.2 Å². The molecule has 0 spiro atoms. The number of nitrogens with one attached hydrogen (secondary N) is 2. The lowest BCUT2D eigenvalue weighted by Crippen LogP contribution is -2.38. The molecule has 1 aromatic carbocycles. The number of anilines is 2. The van der Waals surface area contributed by atoms with E-state index < -0.39 is 11.6 Å². The average molecular weight is 561 g/mol. The van der Waals surface area contributed by atoms with Gasteiger partial charge in [0.1, 0.15) is 24.3 Å². The number of carboxylic acid groups (broad SMARTS) is 1. The Labute approximate surface area is 230 Å². The molecule has 3 aliphatic rings. The molecule has 216 valence electrons. The summed E-state index contributed by atoms with van der Waals surface area (Å²) < 4.78 is 31.0. The van der Waals surface area contributed by atoms with Gasteiger partial charge < -0.3 is 35.7 Å². The van der Waals surface area contributed by atoms with Gasteiger partial charge in [-0.15, -0.1) is 0 Å². The number of hydrogen-bond acceptors (Lipinski definition) is 10. The molecular weight excluding hydrogens is 527 g/mol. The van der Waals surface area contributed by atoms with E-state index >= 15 is 0 Å². The molecule has 5 rings (SSSR count). The van der Waals surface area contributed by atoms with Gasteiger partial charge in [0.25, 0.3) is 18.3 Å². The minimum Gasteiger partial charge on any atom is -0.492 e. The molecule has 14 heteroatoms. The number of nitrogens with zero attached hydrogens (tertiary/aromatic N) is 3. The highest BCUT2D eigenvalue weighted by Gasteiger charge is 2.34. The van der Waals surface area contributed by atoms with Crippen LogP contribution in [-0.2, 0) is 27.2 Å². The standard InChI is InChI=1S/C25H31FN6O5.CH2O2/c1-25(2,27)13-36-17-7-15-5-14(6-18(15)19(26)8-17)9-28-4-3-16-11-32(24(34)37-16)20-10-29-23-22(30-20)31-21(33)12-35-23;2-1-3/h7-8,10,14,16,28H,3-6,9,11-13,27H2,1-2H3,(H,30,31,33);1H,(H,2,3)/t14?,16-;/m0./s1. The van der Waals surface area contributed by atoms with Crippen LogP contribution < -0.4 is 30.7 Å². The highest BCUT2D eigenvalue weighted by Crippen LogP contribution is 2.33. The molecule has 3 heterocycles. The maximum Gasteiger partial charge on any atom is 0.415 e. The number of ether oxygens (including phenoxy) is 3. The summed E-state index contributed by atoms with van der Waals surface area (Å²) in [5.41, 5.74) is 7.20. The fourth-order valence-electron chi connectivity index (χ4n) is 4.66. The third kappa shape index (κ3) is 7.33. The highest BCUT2D eigenvalue weighted by molar-refractivity contribution is 5.94. The van der Waals surface area contributed by atoms with Crippen LogP contribution in [0.25, 0.3) is 0 Å². The smallest absolute Gasteiger partial charge is 0.415 e. The van der Waals surface area contributed by atoms with Crippen LogP contribution in [0.3, 0.4) is 0 Å². The normalized spacial score (nSPS) is 19.4. The van der Waals surface area contributed by atoms with Gasteiger partial charge in [-0.3, -0.25) is 14.5 Å². The molecule has 5 N–H and O–H groups in total. The van der Waals surface area contributed by atoms with Crippen molar-refractivity contribution in [3.63, 3.8) is 0 Å². The van der Waals surface area contributed by atoms with Crippen molar-refractivity contribution in [2.24, 2.45) is 11.7 Å². The Bertz CT molecular complexity index is 1250. The largest absolute Gasteiger partial charge is 0.492 e. The minimum atomic E-state index is -0.514. The number of carbonyl (C=O) groups is 3. The van der Waals surface area contributed by atoms with Gasteiger partial charge in [0.05, 0.1) is 12.7 Å². The number of cyclic esters (lactones) is 1. The maximum atomic E-state index is 14.6. The van der Waals surface area contributed by atoms with Gasteiger partial charge >= 0.3 is 6.09 Å². The first-order chi connectivity index (χ1) is 19.1. The average Bonchev–Trinajstić information content (AvgIpc) is 3.48. The van der Waals surface area contributed by atoms with Gasteiger partial charge in [-0.1, -0.05) is 0 Å². The summed E-state index contributed by atoms with van der Waals surface area (Å²) in [6.45, 7) is 5.35. The fraction of sp³-hybridized carbons (Fsp3) is 0.500. The number of benzene rings is 1. The number of rotatable bonds is 9. The predicted octanol–water partition coefficient (Wildman–Crippen LogP) is 1.48. The molecule has 1 fully saturated rings. The van der Waals surface area contributed by atoms with Gasteiger partial charge in [-0.05, 0) is 69.3 Å². The first-order valence-electron chi connectivity index (χ1n) is 12.9. The van der Waals surface area contributed by atoms with E-state index in [1.165, 1.54) is 17.2 Å². The van der Waals surface area contributed by atoms with Crippen molar-refractivity contribution in [3.8, 4) is 11.6 Å². The van der Waals surface area contributed by atoms with E-state index in [0.29, 0.717) is 38.3 Å². The van der Waals surface area contributed by atoms with Crippen molar-refractivity contribution >= 4 is 30.1 Å². The molecular formula is C26H33FN6O7. The first-order valence-corrected chi connectivity index (χ1v) is 12.9. The first kappa shape index (κ1) is 29.0. The Hall–Kier alpha value is -4.04. The summed E-state index contributed by atoms with van der Waals surface area (Å²) in [7, 11) is 0. The van der Waals surface area contributed by atoms with Crippen molar-refractivity contribution in [2.45, 2.75) is 44.8 Å². The Balaban J connectivity index is 0.00000118. The van der Waals surface area contributed by atoms with E-state index in [9.17, 15) is 14.0 Å². The molecule has 0 bridgehead atoms. The quantitative estimate of drug-likeness (QED) is 0.258. The molecule has 40 heavy (non-hydrogen) atoms. The summed E-state index contributed by atoms with van der Waals surface area (Å²) in [5.74, 6) is 0.903. The lowest BCUT2D eigenvalue weighted by atomic mass is 10.1. The fourth-order valence-corrected chi connectivity index (χ4v) is 4.66. The number of halogens is 1. The Morgan fingerprint density at radius 3 is 2.88 bits per heavy atom. The number of carbonyl (C=O) groups excluding carboxylic acids is 2. The molecule has 2 atom stereocenters. The number of fused-ring (bicyclic) bond motifs is 2. The predicted molar refractivity (Wildman–Crippen MR) is 141 cm³/mol. The monoisotopic (exact) mass is 560 g/mol. The second kappa shape index (κ2) is 12.4. The van der Waals surface area contributed by atoms with Crippen LogP contribution in [0.5, 0.6) is 11.6 Å². The van der Waals surface area contributed by atoms with Crippen molar-refractivity contribution in [1.29, 1.82) is 0 Å². The number of hydrogen-bond donors (Lipinski definition) is 4. The third-order valence-electron chi connectivity index (χ3n) is 6.42. The zero-order valence-electron chi connectivity index (χ0n) is 22.3. The summed E-state index contributed by atoms with van der Waals surface area (Å²) in [6.07, 6.45) is 2.64. The van der Waals surface area contributed by atoms with Crippen LogP contribution in [0.4, 0.5) is 20.8 Å². The summed E-state index contributed by atoms with van der Waals surface area (Å²) in [5, 5.41) is 12.9. The van der Waals surface area contributed by atoms with E-state index in [1.807, 2.05) is 19.9 Å². The van der Waals surface area contributed by atoms with Gasteiger partial charge in [0.2, 0.25) is 0 Å². The molecule has 1 aromatic heterocycles. The number of amides is 2. The molecule has 2 aromatic rings. The summed E-state index contributed by atoms with van der Waals surface area (Å²) in [4.78, 5) is 42.1. The molecule has 1 saturated heterocycles. The molecule has 2 aliphatic heterocycles. The van der Waals surface area contributed by atoms with Crippen molar-refractivity contribution < 1.29 is 38.1 Å². The van der Waals surface area contributed by atoms with Gasteiger partial charge in [0.15, 0.2) is 18.2 Å².